The summed E-state index contributed by atoms with van der Waals surface area (Å²) >= 11 is 0. The molecule has 5 rings (SSSR count). The van der Waals surface area contributed by atoms with Gasteiger partial charge in [-0.3, -0.25) is 14.2 Å². The first-order valence-electron chi connectivity index (χ1n) is 12.4. The molecule has 10 heteroatoms. The van der Waals surface area contributed by atoms with Crippen LogP contribution in [0.25, 0.3) is 5.69 Å². The molecule has 1 fully saturated rings. The Bertz CT molecular complexity index is 1470. The number of carbonyl (C=O) groups is 1. The first kappa shape index (κ1) is 24.8. The summed E-state index contributed by atoms with van der Waals surface area (Å²) in [7, 11) is 1.65. The molecule has 0 saturated carbocycles. The van der Waals surface area contributed by atoms with E-state index in [1.807, 2.05) is 48.5 Å². The van der Waals surface area contributed by atoms with Crippen molar-refractivity contribution < 1.29 is 9.53 Å². The number of nitrogens with one attached hydrogen (secondary N) is 2. The number of nitrogens with zero attached hydrogens (tertiary/aromatic N) is 4. The lowest BCUT2D eigenvalue weighted by molar-refractivity contribution is 0.0996. The summed E-state index contributed by atoms with van der Waals surface area (Å²) in [5.41, 5.74) is 7.96. The first-order valence-corrected chi connectivity index (χ1v) is 12.4. The van der Waals surface area contributed by atoms with Crippen molar-refractivity contribution in [1.29, 1.82) is 0 Å². The summed E-state index contributed by atoms with van der Waals surface area (Å²) in [5.74, 6) is 1.09. The molecule has 0 spiro atoms. The zero-order valence-electron chi connectivity index (χ0n) is 21.0. The van der Waals surface area contributed by atoms with Crippen molar-refractivity contribution in [3.8, 4) is 11.4 Å². The molecule has 4 aromatic rings. The molecule has 0 unspecified atom stereocenters. The Labute approximate surface area is 220 Å². The molecular formula is C28H29N7O3. The van der Waals surface area contributed by atoms with Crippen molar-refractivity contribution in [1.82, 2.24) is 14.5 Å². The molecule has 10 nitrogen and oxygen atoms in total. The Hall–Kier alpha value is -4.86. The smallest absolute Gasteiger partial charge is 0.271 e. The first-order chi connectivity index (χ1) is 18.5. The molecule has 2 aromatic heterocycles. The highest BCUT2D eigenvalue weighted by Gasteiger charge is 2.23. The summed E-state index contributed by atoms with van der Waals surface area (Å²) in [6.07, 6.45) is 5.31. The number of amides is 1. The maximum Gasteiger partial charge on any atom is 0.271 e. The van der Waals surface area contributed by atoms with Gasteiger partial charge in [0.15, 0.2) is 11.5 Å². The van der Waals surface area contributed by atoms with Gasteiger partial charge in [-0.15, -0.1) is 0 Å². The van der Waals surface area contributed by atoms with Gasteiger partial charge in [0.1, 0.15) is 11.6 Å². The molecule has 1 atom stereocenters. The highest BCUT2D eigenvalue weighted by atomic mass is 16.5. The standard InChI is InChI=1S/C28H29N7O3/c1-38-23-13-9-19(10-14-23)31-21-5-4-15-34(18-21)24-17-30-26(27(29)37)28(33-24)32-20-7-11-22(12-8-20)35-16-3-2-6-25(35)36/h2-3,6-14,16-17,21,31H,4-5,15,18H2,1H3,(H2,29,37)(H,32,33)/t21-/m1/s1. The van der Waals surface area contributed by atoms with Gasteiger partial charge in [0.05, 0.1) is 13.3 Å². The minimum atomic E-state index is -0.670. The van der Waals surface area contributed by atoms with Crippen molar-refractivity contribution in [3.05, 3.63) is 95.2 Å². The number of hydrogen-bond donors (Lipinski definition) is 3. The number of hydrogen-bond acceptors (Lipinski definition) is 8. The van der Waals surface area contributed by atoms with E-state index in [-0.39, 0.29) is 23.1 Å². The SMILES string of the molecule is COc1ccc(N[C@@H]2CCCN(c3cnc(C(N)=O)c(Nc4ccc(-n5ccccc5=O)cc4)n3)C2)cc1. The summed E-state index contributed by atoms with van der Waals surface area (Å²) in [4.78, 5) is 35.4. The Balaban J connectivity index is 1.33. The molecule has 4 N–H and O–H groups in total. The van der Waals surface area contributed by atoms with Crippen LogP contribution >= 0.6 is 0 Å². The predicted molar refractivity (Wildman–Crippen MR) is 148 cm³/mol. The van der Waals surface area contributed by atoms with E-state index in [4.69, 9.17) is 15.5 Å². The lowest BCUT2D eigenvalue weighted by atomic mass is 10.1. The molecule has 1 aliphatic heterocycles. The van der Waals surface area contributed by atoms with Crippen molar-refractivity contribution in [2.24, 2.45) is 5.73 Å². The van der Waals surface area contributed by atoms with E-state index in [1.54, 1.807) is 36.2 Å². The van der Waals surface area contributed by atoms with Crippen LogP contribution in [0, 0.1) is 0 Å². The van der Waals surface area contributed by atoms with Gasteiger partial charge in [0.2, 0.25) is 0 Å². The molecule has 1 saturated heterocycles. The third kappa shape index (κ3) is 5.59. The number of benzene rings is 2. The molecule has 1 aliphatic rings. The second kappa shape index (κ2) is 11.0. The van der Waals surface area contributed by atoms with E-state index in [2.05, 4.69) is 20.5 Å². The second-order valence-electron chi connectivity index (χ2n) is 9.03. The summed E-state index contributed by atoms with van der Waals surface area (Å²) < 4.78 is 6.79. The summed E-state index contributed by atoms with van der Waals surface area (Å²) in [5, 5.41) is 6.75. The van der Waals surface area contributed by atoms with Gasteiger partial charge in [0.25, 0.3) is 11.5 Å². The molecule has 1 amide bonds. The van der Waals surface area contributed by atoms with Gasteiger partial charge in [-0.05, 0) is 67.4 Å². The Morgan fingerprint density at radius 1 is 1.05 bits per heavy atom. The zero-order valence-corrected chi connectivity index (χ0v) is 21.0. The number of rotatable bonds is 8. The summed E-state index contributed by atoms with van der Waals surface area (Å²) in [6, 6.07) is 20.3. The topological polar surface area (TPSA) is 127 Å². The molecule has 38 heavy (non-hydrogen) atoms. The number of carbonyl (C=O) groups excluding carboxylic acids is 1. The number of aromatic nitrogens is 3. The molecule has 3 heterocycles. The molecule has 0 aliphatic carbocycles. The van der Waals surface area contributed by atoms with Crippen molar-refractivity contribution in [2.75, 3.05) is 35.7 Å². The van der Waals surface area contributed by atoms with Gasteiger partial charge < -0.3 is 26.0 Å². The number of methoxy groups -OCH3 is 1. The number of primary amides is 1. The Kier molecular flexibility index (Phi) is 7.21. The second-order valence-corrected chi connectivity index (χ2v) is 9.03. The maximum atomic E-state index is 12.1. The van der Waals surface area contributed by atoms with Crippen LogP contribution in [0.1, 0.15) is 23.3 Å². The van der Waals surface area contributed by atoms with Gasteiger partial charge in [0, 0.05) is 48.5 Å². The molecular weight excluding hydrogens is 482 g/mol. The number of nitrogens with two attached hydrogens (primary N) is 1. The van der Waals surface area contributed by atoms with Gasteiger partial charge in [-0.2, -0.15) is 0 Å². The van der Waals surface area contributed by atoms with Crippen molar-refractivity contribution >= 4 is 28.9 Å². The quantitative estimate of drug-likeness (QED) is 0.328. The zero-order chi connectivity index (χ0) is 26.5. The van der Waals surface area contributed by atoms with E-state index < -0.39 is 5.91 Å². The minimum Gasteiger partial charge on any atom is -0.497 e. The molecule has 194 valence electrons. The van der Waals surface area contributed by atoms with Crippen LogP contribution in [0.5, 0.6) is 5.75 Å². The van der Waals surface area contributed by atoms with Crippen LogP contribution < -0.4 is 31.6 Å². The molecule has 0 bridgehead atoms. The largest absolute Gasteiger partial charge is 0.497 e. The molecule has 2 aromatic carbocycles. The lowest BCUT2D eigenvalue weighted by Gasteiger charge is -2.34. The van der Waals surface area contributed by atoms with E-state index >= 15 is 0 Å². The monoisotopic (exact) mass is 511 g/mol. The summed E-state index contributed by atoms with van der Waals surface area (Å²) in [6.45, 7) is 1.56. The van der Waals surface area contributed by atoms with Crippen LogP contribution in [0.3, 0.4) is 0 Å². The van der Waals surface area contributed by atoms with Crippen molar-refractivity contribution in [3.63, 3.8) is 0 Å². The fraction of sp³-hybridized carbons (Fsp3) is 0.214. The number of ether oxygens (including phenoxy) is 1. The third-order valence-electron chi connectivity index (χ3n) is 6.43. The number of anilines is 4. The van der Waals surface area contributed by atoms with Gasteiger partial charge in [-0.25, -0.2) is 9.97 Å². The van der Waals surface area contributed by atoms with Crippen LogP contribution in [0.15, 0.2) is 83.9 Å². The fourth-order valence-corrected chi connectivity index (χ4v) is 4.51. The fourth-order valence-electron chi connectivity index (χ4n) is 4.51. The minimum absolute atomic E-state index is 0.0574. The average molecular weight is 512 g/mol. The number of pyridine rings is 1. The van der Waals surface area contributed by atoms with Crippen LogP contribution in [-0.4, -0.2) is 46.7 Å². The predicted octanol–water partition coefficient (Wildman–Crippen LogP) is 3.56. The average Bonchev–Trinajstić information content (AvgIpc) is 2.94. The van der Waals surface area contributed by atoms with Gasteiger partial charge in [-0.1, -0.05) is 6.07 Å². The third-order valence-corrected chi connectivity index (χ3v) is 6.43. The van der Waals surface area contributed by atoms with E-state index in [0.717, 1.165) is 43.1 Å². The van der Waals surface area contributed by atoms with Crippen LogP contribution in [0.4, 0.5) is 23.0 Å². The Morgan fingerprint density at radius 2 is 1.82 bits per heavy atom. The van der Waals surface area contributed by atoms with Crippen LogP contribution in [0.2, 0.25) is 0 Å². The number of piperidine rings is 1. The van der Waals surface area contributed by atoms with E-state index in [0.29, 0.717) is 11.5 Å². The van der Waals surface area contributed by atoms with E-state index in [1.165, 1.54) is 6.07 Å². The lowest BCUT2D eigenvalue weighted by Crippen LogP contribution is -2.42. The van der Waals surface area contributed by atoms with Crippen molar-refractivity contribution in [2.45, 2.75) is 18.9 Å². The highest BCUT2D eigenvalue weighted by Crippen LogP contribution is 2.25. The highest BCUT2D eigenvalue weighted by molar-refractivity contribution is 5.96. The molecule has 0 radical (unpaired) electrons. The Morgan fingerprint density at radius 3 is 2.53 bits per heavy atom. The van der Waals surface area contributed by atoms with E-state index in [9.17, 15) is 9.59 Å². The van der Waals surface area contributed by atoms with Gasteiger partial charge >= 0.3 is 0 Å². The normalized spacial score (nSPS) is 15.1. The maximum absolute atomic E-state index is 12.1. The van der Waals surface area contributed by atoms with Crippen LogP contribution in [-0.2, 0) is 0 Å².